The monoisotopic (exact) mass is 336 g/mol. The Morgan fingerprint density at radius 1 is 1.12 bits per heavy atom. The third-order valence-corrected chi connectivity index (χ3v) is 3.89. The number of benzene rings is 1. The number of ether oxygens (including phenoxy) is 2. The smallest absolute Gasteiger partial charge is 0.306 e. The van der Waals surface area contributed by atoms with E-state index in [0.717, 1.165) is 24.3 Å². The molecule has 136 valence electrons. The van der Waals surface area contributed by atoms with Gasteiger partial charge in [-0.1, -0.05) is 52.0 Å². The second-order valence-electron chi connectivity index (χ2n) is 6.60. The molecule has 1 N–H and O–H groups in total. The van der Waals surface area contributed by atoms with Gasteiger partial charge in [-0.05, 0) is 37.0 Å². The van der Waals surface area contributed by atoms with Gasteiger partial charge in [0.1, 0.15) is 6.61 Å². The Hall–Kier alpha value is -1.71. The molecule has 0 saturated heterocycles. The van der Waals surface area contributed by atoms with E-state index in [1.54, 1.807) is 18.2 Å². The number of hydrogen-bond acceptors (Lipinski definition) is 4. The van der Waals surface area contributed by atoms with Crippen molar-refractivity contribution in [3.05, 3.63) is 23.8 Å². The van der Waals surface area contributed by atoms with Crippen LogP contribution in [-0.4, -0.2) is 17.7 Å². The van der Waals surface area contributed by atoms with Gasteiger partial charge in [0.05, 0.1) is 6.61 Å². The van der Waals surface area contributed by atoms with Gasteiger partial charge in [-0.3, -0.25) is 4.79 Å². The van der Waals surface area contributed by atoms with E-state index < -0.39 is 0 Å². The number of phenols is 1. The number of rotatable bonds is 12. The van der Waals surface area contributed by atoms with Crippen molar-refractivity contribution in [3.8, 4) is 11.5 Å². The molecular formula is C20H32O4. The number of aromatic hydroxyl groups is 1. The van der Waals surface area contributed by atoms with Crippen LogP contribution >= 0.6 is 0 Å². The van der Waals surface area contributed by atoms with Gasteiger partial charge in [0.25, 0.3) is 0 Å². The van der Waals surface area contributed by atoms with E-state index in [9.17, 15) is 9.90 Å². The number of carbonyl (C=O) groups excluding carboxylic acids is 1. The fourth-order valence-corrected chi connectivity index (χ4v) is 2.51. The van der Waals surface area contributed by atoms with Gasteiger partial charge >= 0.3 is 5.97 Å². The lowest BCUT2D eigenvalue weighted by atomic mass is 10.0. The highest BCUT2D eigenvalue weighted by molar-refractivity contribution is 5.69. The fraction of sp³-hybridized carbons (Fsp3) is 0.650. The Morgan fingerprint density at radius 2 is 1.83 bits per heavy atom. The normalized spacial score (nSPS) is 10.8. The van der Waals surface area contributed by atoms with E-state index in [4.69, 9.17) is 9.47 Å². The van der Waals surface area contributed by atoms with Crippen LogP contribution in [0.15, 0.2) is 18.2 Å². The zero-order chi connectivity index (χ0) is 17.8. The molecule has 24 heavy (non-hydrogen) atoms. The first-order chi connectivity index (χ1) is 11.5. The number of phenolic OH excluding ortho intramolecular Hbond substituents is 1. The van der Waals surface area contributed by atoms with E-state index in [2.05, 4.69) is 13.8 Å². The fourth-order valence-electron chi connectivity index (χ4n) is 2.51. The summed E-state index contributed by atoms with van der Waals surface area (Å²) in [5.41, 5.74) is 0.818. The van der Waals surface area contributed by atoms with E-state index in [-0.39, 0.29) is 18.3 Å². The van der Waals surface area contributed by atoms with Gasteiger partial charge in [-0.15, -0.1) is 0 Å². The summed E-state index contributed by atoms with van der Waals surface area (Å²) in [4.78, 5) is 11.8. The summed E-state index contributed by atoms with van der Waals surface area (Å²) in [5, 5.41) is 9.65. The van der Waals surface area contributed by atoms with Crippen LogP contribution in [0.2, 0.25) is 0 Å². The molecule has 1 aromatic carbocycles. The van der Waals surface area contributed by atoms with E-state index in [0.29, 0.717) is 18.8 Å². The summed E-state index contributed by atoms with van der Waals surface area (Å²) in [7, 11) is 0. The van der Waals surface area contributed by atoms with Gasteiger partial charge in [-0.2, -0.15) is 0 Å². The molecule has 0 aliphatic rings. The van der Waals surface area contributed by atoms with Crippen molar-refractivity contribution < 1.29 is 19.4 Å². The molecule has 0 aliphatic heterocycles. The molecule has 0 fully saturated rings. The standard InChI is InChI=1S/C20H32O4/c1-4-23-19-14-17(12-13-18(19)21)15-24-20(22)11-9-7-5-6-8-10-16(2)3/h12-14,16,21H,4-11,15H2,1-3H3. The molecule has 1 rings (SSSR count). The lowest BCUT2D eigenvalue weighted by Gasteiger charge is -2.09. The number of carbonyl (C=O) groups is 1. The minimum absolute atomic E-state index is 0.101. The van der Waals surface area contributed by atoms with Crippen LogP contribution in [0, 0.1) is 5.92 Å². The highest BCUT2D eigenvalue weighted by atomic mass is 16.5. The van der Waals surface area contributed by atoms with Crippen molar-refractivity contribution in [1.82, 2.24) is 0 Å². The van der Waals surface area contributed by atoms with Crippen LogP contribution in [0.25, 0.3) is 0 Å². The lowest BCUT2D eigenvalue weighted by molar-refractivity contribution is -0.145. The largest absolute Gasteiger partial charge is 0.504 e. The van der Waals surface area contributed by atoms with E-state index in [1.165, 1.54) is 25.7 Å². The third-order valence-electron chi connectivity index (χ3n) is 3.89. The summed E-state index contributed by atoms with van der Waals surface area (Å²) >= 11 is 0. The highest BCUT2D eigenvalue weighted by Gasteiger charge is 2.07. The minimum atomic E-state index is -0.164. The van der Waals surface area contributed by atoms with Gasteiger partial charge in [0.15, 0.2) is 11.5 Å². The van der Waals surface area contributed by atoms with E-state index >= 15 is 0 Å². The van der Waals surface area contributed by atoms with Crippen molar-refractivity contribution in [3.63, 3.8) is 0 Å². The minimum Gasteiger partial charge on any atom is -0.504 e. The molecule has 0 amide bonds. The molecule has 0 aromatic heterocycles. The third kappa shape index (κ3) is 8.80. The SMILES string of the molecule is CCOc1cc(COC(=O)CCCCCCCC(C)C)ccc1O. The number of hydrogen-bond donors (Lipinski definition) is 1. The molecule has 0 spiro atoms. The second-order valence-corrected chi connectivity index (χ2v) is 6.60. The molecule has 0 radical (unpaired) electrons. The van der Waals surface area contributed by atoms with Gasteiger partial charge in [0, 0.05) is 6.42 Å². The van der Waals surface area contributed by atoms with Crippen LogP contribution in [0.1, 0.15) is 71.3 Å². The first-order valence-corrected chi connectivity index (χ1v) is 9.13. The van der Waals surface area contributed by atoms with Crippen molar-refractivity contribution in [2.75, 3.05) is 6.61 Å². The van der Waals surface area contributed by atoms with Crippen molar-refractivity contribution >= 4 is 5.97 Å². The Kier molecular flexibility index (Phi) is 9.97. The molecule has 0 bridgehead atoms. The molecule has 4 heteroatoms. The molecule has 0 saturated carbocycles. The Bertz CT molecular complexity index is 483. The Morgan fingerprint density at radius 3 is 2.54 bits per heavy atom. The summed E-state index contributed by atoms with van der Waals surface area (Å²) < 4.78 is 10.6. The summed E-state index contributed by atoms with van der Waals surface area (Å²) in [6.45, 7) is 7.05. The average Bonchev–Trinajstić information content (AvgIpc) is 2.54. The first-order valence-electron chi connectivity index (χ1n) is 9.13. The maximum absolute atomic E-state index is 11.8. The lowest BCUT2D eigenvalue weighted by Crippen LogP contribution is -2.04. The summed E-state index contributed by atoms with van der Waals surface area (Å²) in [5.74, 6) is 1.14. The maximum atomic E-state index is 11.8. The predicted octanol–water partition coefficient (Wildman–Crippen LogP) is 5.22. The number of esters is 1. The molecule has 1 aromatic rings. The Labute approximate surface area is 146 Å². The molecule has 0 unspecified atom stereocenters. The summed E-state index contributed by atoms with van der Waals surface area (Å²) in [6, 6.07) is 5.01. The predicted molar refractivity (Wildman–Crippen MR) is 96.2 cm³/mol. The van der Waals surface area contributed by atoms with Crippen molar-refractivity contribution in [2.24, 2.45) is 5.92 Å². The molecule has 0 aliphatic carbocycles. The van der Waals surface area contributed by atoms with Crippen LogP contribution in [0.3, 0.4) is 0 Å². The highest BCUT2D eigenvalue weighted by Crippen LogP contribution is 2.27. The second kappa shape index (κ2) is 11.8. The topological polar surface area (TPSA) is 55.8 Å². The van der Waals surface area contributed by atoms with Crippen LogP contribution in [-0.2, 0) is 16.1 Å². The van der Waals surface area contributed by atoms with E-state index in [1.807, 2.05) is 6.92 Å². The quantitative estimate of drug-likeness (QED) is 0.420. The van der Waals surface area contributed by atoms with Gasteiger partial charge in [-0.25, -0.2) is 0 Å². The maximum Gasteiger partial charge on any atom is 0.306 e. The van der Waals surface area contributed by atoms with Gasteiger partial charge in [0.2, 0.25) is 0 Å². The average molecular weight is 336 g/mol. The molecule has 4 nitrogen and oxygen atoms in total. The zero-order valence-corrected chi connectivity index (χ0v) is 15.3. The van der Waals surface area contributed by atoms with Gasteiger partial charge < -0.3 is 14.6 Å². The zero-order valence-electron chi connectivity index (χ0n) is 15.3. The number of unbranched alkanes of at least 4 members (excludes halogenated alkanes) is 4. The van der Waals surface area contributed by atoms with Crippen LogP contribution in [0.5, 0.6) is 11.5 Å². The van der Waals surface area contributed by atoms with Crippen LogP contribution in [0.4, 0.5) is 0 Å². The molecule has 0 atom stereocenters. The Balaban J connectivity index is 2.16. The van der Waals surface area contributed by atoms with Crippen LogP contribution < -0.4 is 4.74 Å². The molecular weight excluding hydrogens is 304 g/mol. The van der Waals surface area contributed by atoms with Crippen molar-refractivity contribution in [1.29, 1.82) is 0 Å². The molecule has 0 heterocycles. The summed E-state index contributed by atoms with van der Waals surface area (Å²) in [6.07, 6.45) is 7.46. The first kappa shape index (κ1) is 20.3. The van der Waals surface area contributed by atoms with Crippen molar-refractivity contribution in [2.45, 2.75) is 72.3 Å².